The second-order valence-electron chi connectivity index (χ2n) is 5.85. The molecule has 0 saturated heterocycles. The van der Waals surface area contributed by atoms with E-state index in [0.717, 1.165) is 4.47 Å². The number of nitrogens with zero attached hydrogens (tertiary/aromatic N) is 4. The molecule has 0 aliphatic rings. The largest absolute Gasteiger partial charge is 0.399 e. The lowest BCUT2D eigenvalue weighted by molar-refractivity contribution is 0.397. The van der Waals surface area contributed by atoms with Crippen molar-refractivity contribution in [1.82, 2.24) is 4.98 Å². The van der Waals surface area contributed by atoms with Gasteiger partial charge < -0.3 is 10.6 Å². The zero-order chi connectivity index (χ0) is 20.1. The van der Waals surface area contributed by atoms with Crippen molar-refractivity contribution in [2.24, 2.45) is 10.2 Å². The van der Waals surface area contributed by atoms with Gasteiger partial charge in [-0.15, -0.1) is 10.2 Å². The van der Waals surface area contributed by atoms with Gasteiger partial charge in [0.15, 0.2) is 5.82 Å². The number of nitrogens with two attached hydrogens (primary N) is 1. The quantitative estimate of drug-likeness (QED) is 0.346. The monoisotopic (exact) mass is 455 g/mol. The summed E-state index contributed by atoms with van der Waals surface area (Å²) >= 11 is 3.27. The molecule has 8 nitrogen and oxygen atoms in total. The molecule has 0 radical (unpaired) electrons. The molecule has 0 fully saturated rings. The molecule has 0 bridgehead atoms. The molecule has 0 aliphatic heterocycles. The third kappa shape index (κ3) is 4.82. The molecule has 1 aromatic heterocycles. The summed E-state index contributed by atoms with van der Waals surface area (Å²) in [6.45, 7) is 3.84. The molecule has 10 heteroatoms. The summed E-state index contributed by atoms with van der Waals surface area (Å²) in [4.78, 5) is 3.57. The predicted octanol–water partition coefficient (Wildman–Crippen LogP) is 4.38. The van der Waals surface area contributed by atoms with Crippen LogP contribution in [0.1, 0.15) is 26.7 Å². The number of hydrogen-bond acceptors (Lipinski definition) is 7. The molecule has 27 heavy (non-hydrogen) atoms. The molecular formula is C17H22BrN5O3S. The SMILES string of the molecule is CCCN(c1cccc(N)c1)C(CC)(N=Nc1ccc(Br)cn1)S(=O)(=O)O. The smallest absolute Gasteiger partial charge is 0.312 e. The van der Waals surface area contributed by atoms with Crippen LogP contribution < -0.4 is 10.6 Å². The van der Waals surface area contributed by atoms with Crippen molar-refractivity contribution in [3.63, 3.8) is 0 Å². The number of benzene rings is 1. The highest BCUT2D eigenvalue weighted by molar-refractivity contribution is 9.10. The molecule has 1 atom stereocenters. The van der Waals surface area contributed by atoms with Crippen molar-refractivity contribution in [3.8, 4) is 0 Å². The second-order valence-corrected chi connectivity index (χ2v) is 8.37. The Labute approximate surface area is 167 Å². The lowest BCUT2D eigenvalue weighted by Crippen LogP contribution is -2.53. The van der Waals surface area contributed by atoms with Crippen molar-refractivity contribution in [1.29, 1.82) is 0 Å². The van der Waals surface area contributed by atoms with Gasteiger partial charge in [0.05, 0.1) is 0 Å². The minimum atomic E-state index is -4.65. The third-order valence-electron chi connectivity index (χ3n) is 3.95. The third-order valence-corrected chi connectivity index (χ3v) is 5.83. The average molecular weight is 456 g/mol. The van der Waals surface area contributed by atoms with Crippen LogP contribution in [0.4, 0.5) is 17.2 Å². The molecule has 2 rings (SSSR count). The topological polar surface area (TPSA) is 121 Å². The zero-order valence-corrected chi connectivity index (χ0v) is 17.5. The molecule has 0 saturated carbocycles. The van der Waals surface area contributed by atoms with Crippen LogP contribution in [0.5, 0.6) is 0 Å². The summed E-state index contributed by atoms with van der Waals surface area (Å²) in [7, 11) is -4.65. The molecule has 1 heterocycles. The average Bonchev–Trinajstić information content (AvgIpc) is 2.62. The van der Waals surface area contributed by atoms with Crippen molar-refractivity contribution in [2.45, 2.75) is 31.7 Å². The van der Waals surface area contributed by atoms with Crippen LogP contribution in [0.15, 0.2) is 57.3 Å². The van der Waals surface area contributed by atoms with E-state index >= 15 is 0 Å². The lowest BCUT2D eigenvalue weighted by atomic mass is 10.2. The first-order valence-electron chi connectivity index (χ1n) is 8.38. The summed E-state index contributed by atoms with van der Waals surface area (Å²) < 4.78 is 35.7. The first kappa shape index (κ1) is 21.3. The van der Waals surface area contributed by atoms with Crippen LogP contribution >= 0.6 is 15.9 Å². The molecule has 0 aliphatic carbocycles. The number of hydrogen-bond donors (Lipinski definition) is 2. The van der Waals surface area contributed by atoms with E-state index in [-0.39, 0.29) is 12.2 Å². The van der Waals surface area contributed by atoms with Crippen LogP contribution in [0.2, 0.25) is 0 Å². The molecule has 1 aromatic carbocycles. The Morgan fingerprint density at radius 2 is 2.04 bits per heavy atom. The fourth-order valence-electron chi connectivity index (χ4n) is 2.67. The van der Waals surface area contributed by atoms with Gasteiger partial charge in [0.25, 0.3) is 4.99 Å². The van der Waals surface area contributed by atoms with E-state index in [1.165, 1.54) is 11.1 Å². The fourth-order valence-corrected chi connectivity index (χ4v) is 3.89. The van der Waals surface area contributed by atoms with Gasteiger partial charge in [0.1, 0.15) is 0 Å². The highest BCUT2D eigenvalue weighted by Crippen LogP contribution is 2.35. The van der Waals surface area contributed by atoms with Gasteiger partial charge in [0, 0.05) is 35.0 Å². The molecule has 2 aromatic rings. The van der Waals surface area contributed by atoms with E-state index in [4.69, 9.17) is 5.73 Å². The first-order chi connectivity index (χ1) is 12.7. The first-order valence-corrected chi connectivity index (χ1v) is 10.6. The Morgan fingerprint density at radius 3 is 2.56 bits per heavy atom. The highest BCUT2D eigenvalue weighted by atomic mass is 79.9. The fraction of sp³-hybridized carbons (Fsp3) is 0.353. The van der Waals surface area contributed by atoms with Crippen molar-refractivity contribution < 1.29 is 13.0 Å². The van der Waals surface area contributed by atoms with Crippen LogP contribution in [0.3, 0.4) is 0 Å². The maximum atomic E-state index is 12.4. The minimum Gasteiger partial charge on any atom is -0.399 e. The lowest BCUT2D eigenvalue weighted by Gasteiger charge is -2.38. The standard InChI is InChI=1S/C17H22BrN5O3S/c1-3-10-23(15-7-5-6-14(19)11-15)17(4-2,27(24,25)26)22-21-16-9-8-13(18)12-20-16/h5-9,11-12H,3-4,10,19H2,1-2H3,(H,24,25,26). The van der Waals surface area contributed by atoms with Crippen LogP contribution in [0.25, 0.3) is 0 Å². The van der Waals surface area contributed by atoms with Gasteiger partial charge in [-0.1, -0.05) is 19.9 Å². The Hall–Kier alpha value is -2.04. The summed E-state index contributed by atoms with van der Waals surface area (Å²) in [5.74, 6) is 0.226. The Morgan fingerprint density at radius 1 is 1.30 bits per heavy atom. The van der Waals surface area contributed by atoms with Gasteiger partial charge >= 0.3 is 10.1 Å². The van der Waals surface area contributed by atoms with Crippen LogP contribution in [-0.4, -0.2) is 29.5 Å². The van der Waals surface area contributed by atoms with Gasteiger partial charge in [-0.2, -0.15) is 8.42 Å². The molecule has 0 amide bonds. The van der Waals surface area contributed by atoms with E-state index in [1.54, 1.807) is 43.3 Å². The Bertz CT molecular complexity index is 905. The molecule has 1 unspecified atom stereocenters. The summed E-state index contributed by atoms with van der Waals surface area (Å²) in [6.07, 6.45) is 2.12. The Balaban J connectivity index is 2.61. The number of halogens is 1. The number of rotatable bonds is 8. The van der Waals surface area contributed by atoms with E-state index < -0.39 is 15.1 Å². The van der Waals surface area contributed by atoms with Gasteiger partial charge in [-0.3, -0.25) is 4.55 Å². The highest BCUT2D eigenvalue weighted by Gasteiger charge is 2.48. The van der Waals surface area contributed by atoms with Crippen LogP contribution in [0, 0.1) is 0 Å². The van der Waals surface area contributed by atoms with Gasteiger partial charge in [-0.25, -0.2) is 4.98 Å². The summed E-state index contributed by atoms with van der Waals surface area (Å²) in [6, 6.07) is 10.1. The number of anilines is 2. The zero-order valence-electron chi connectivity index (χ0n) is 15.1. The second kappa shape index (κ2) is 8.77. The molecular weight excluding hydrogens is 434 g/mol. The molecule has 3 N–H and O–H groups in total. The number of pyridine rings is 1. The Kier molecular flexibility index (Phi) is 6.90. The van der Waals surface area contributed by atoms with Gasteiger partial charge in [-0.05, 0) is 52.7 Å². The van der Waals surface area contributed by atoms with Crippen molar-refractivity contribution >= 4 is 43.2 Å². The maximum absolute atomic E-state index is 12.4. The molecule has 0 spiro atoms. The van der Waals surface area contributed by atoms with Crippen molar-refractivity contribution in [2.75, 3.05) is 17.2 Å². The van der Waals surface area contributed by atoms with E-state index in [1.807, 2.05) is 6.92 Å². The van der Waals surface area contributed by atoms with Gasteiger partial charge in [0.2, 0.25) is 0 Å². The van der Waals surface area contributed by atoms with E-state index in [9.17, 15) is 13.0 Å². The van der Waals surface area contributed by atoms with Crippen molar-refractivity contribution in [3.05, 3.63) is 47.1 Å². The van der Waals surface area contributed by atoms with E-state index in [0.29, 0.717) is 24.3 Å². The predicted molar refractivity (Wildman–Crippen MR) is 110 cm³/mol. The summed E-state index contributed by atoms with van der Waals surface area (Å²) in [5, 5.41) is 8.05. The minimum absolute atomic E-state index is 0.0271. The number of azo groups is 1. The number of nitrogen functional groups attached to an aromatic ring is 1. The van der Waals surface area contributed by atoms with Crippen LogP contribution in [-0.2, 0) is 10.1 Å². The maximum Gasteiger partial charge on any atom is 0.312 e. The summed E-state index contributed by atoms with van der Waals surface area (Å²) in [5.41, 5.74) is 6.86. The normalized spacial score (nSPS) is 14.2. The number of aromatic nitrogens is 1. The van der Waals surface area contributed by atoms with E-state index in [2.05, 4.69) is 31.1 Å². The molecule has 146 valence electrons.